The van der Waals surface area contributed by atoms with E-state index in [1.165, 1.54) is 51.4 Å². The summed E-state index contributed by atoms with van der Waals surface area (Å²) < 4.78 is 10.4. The van der Waals surface area contributed by atoms with Crippen LogP contribution in [0.5, 0.6) is 0 Å². The monoisotopic (exact) mass is 657 g/mol. The van der Waals surface area contributed by atoms with Crippen molar-refractivity contribution in [3.8, 4) is 0 Å². The second kappa shape index (κ2) is 34.6. The molecule has 0 spiro atoms. The van der Waals surface area contributed by atoms with Crippen LogP contribution in [0.15, 0.2) is 72.9 Å². The molecule has 1 unspecified atom stereocenters. The van der Waals surface area contributed by atoms with Crippen molar-refractivity contribution < 1.29 is 29.3 Å². The lowest BCUT2D eigenvalue weighted by atomic mass is 10.0. The molecule has 47 heavy (non-hydrogen) atoms. The highest BCUT2D eigenvalue weighted by Gasteiger charge is 2.16. The van der Waals surface area contributed by atoms with Crippen molar-refractivity contribution in [1.82, 2.24) is 0 Å². The first-order valence-electron chi connectivity index (χ1n) is 18.5. The predicted octanol–water partition coefficient (Wildman–Crippen LogP) is 10.2. The second-order valence-electron chi connectivity index (χ2n) is 12.6. The number of aliphatic hydroxyl groups is 2. The van der Waals surface area contributed by atoms with Crippen molar-refractivity contribution in [1.29, 1.82) is 0 Å². The molecule has 0 rings (SSSR count). The zero-order chi connectivity index (χ0) is 34.6. The Morgan fingerprint density at radius 2 is 1.13 bits per heavy atom. The van der Waals surface area contributed by atoms with Gasteiger partial charge in [-0.3, -0.25) is 9.59 Å². The van der Waals surface area contributed by atoms with Gasteiger partial charge in [-0.05, 0) is 50.9 Å². The van der Waals surface area contributed by atoms with Gasteiger partial charge in [-0.2, -0.15) is 0 Å². The van der Waals surface area contributed by atoms with Crippen LogP contribution in [0.1, 0.15) is 143 Å². The van der Waals surface area contributed by atoms with Gasteiger partial charge in [0.25, 0.3) is 0 Å². The smallest absolute Gasteiger partial charge is 0.306 e. The van der Waals surface area contributed by atoms with E-state index in [1.807, 2.05) is 12.2 Å². The fraction of sp³-hybridized carbons (Fsp3) is 0.659. The van der Waals surface area contributed by atoms with Gasteiger partial charge in [0, 0.05) is 12.8 Å². The highest BCUT2D eigenvalue weighted by atomic mass is 16.6. The Labute approximate surface area is 287 Å². The number of carbonyl (C=O) groups excluding carboxylic acids is 2. The summed E-state index contributed by atoms with van der Waals surface area (Å²) >= 11 is 0. The van der Waals surface area contributed by atoms with Crippen molar-refractivity contribution in [2.24, 2.45) is 5.92 Å². The first-order valence-corrected chi connectivity index (χ1v) is 18.5. The molecule has 0 amide bonds. The van der Waals surface area contributed by atoms with E-state index in [2.05, 4.69) is 69.4 Å². The molecule has 0 heterocycles. The summed E-state index contributed by atoms with van der Waals surface area (Å²) in [5.41, 5.74) is 0. The number of ether oxygens (including phenoxy) is 2. The van der Waals surface area contributed by atoms with E-state index in [1.54, 1.807) is 12.2 Å². The Kier molecular flexibility index (Phi) is 32.6. The van der Waals surface area contributed by atoms with Crippen LogP contribution in [-0.2, 0) is 19.1 Å². The molecule has 0 aliphatic rings. The van der Waals surface area contributed by atoms with Gasteiger partial charge in [-0.1, -0.05) is 158 Å². The van der Waals surface area contributed by atoms with Crippen molar-refractivity contribution in [2.45, 2.75) is 155 Å². The predicted molar refractivity (Wildman–Crippen MR) is 197 cm³/mol. The average Bonchev–Trinajstić information content (AvgIpc) is 3.05. The lowest BCUT2D eigenvalue weighted by Gasteiger charge is -2.16. The SMILES string of the molecule is CC/C=C\C/C=C\C/C=C\C/C=C\C/C=C\C=C/C(O)CCC(=O)OC[C@H](CO)OC(=O)CCCCCCCCCCCCC(C)C. The van der Waals surface area contributed by atoms with Gasteiger partial charge in [-0.15, -0.1) is 0 Å². The van der Waals surface area contributed by atoms with E-state index in [0.29, 0.717) is 6.42 Å². The molecular weight excluding hydrogens is 588 g/mol. The number of aliphatic hydroxyl groups excluding tert-OH is 2. The lowest BCUT2D eigenvalue weighted by molar-refractivity contribution is -0.161. The minimum Gasteiger partial charge on any atom is -0.462 e. The average molecular weight is 657 g/mol. The number of esters is 2. The third-order valence-electron chi connectivity index (χ3n) is 7.56. The number of allylic oxidation sites excluding steroid dienone is 11. The molecule has 0 aliphatic heterocycles. The molecule has 2 N–H and O–H groups in total. The number of hydrogen-bond donors (Lipinski definition) is 2. The summed E-state index contributed by atoms with van der Waals surface area (Å²) in [6, 6.07) is 0. The first-order chi connectivity index (χ1) is 22.9. The Morgan fingerprint density at radius 3 is 1.66 bits per heavy atom. The van der Waals surface area contributed by atoms with Crippen LogP contribution in [-0.4, -0.2) is 47.6 Å². The summed E-state index contributed by atoms with van der Waals surface area (Å²) in [6.45, 7) is 6.11. The molecule has 0 aromatic rings. The molecule has 268 valence electrons. The molecular formula is C41H68O6. The minimum atomic E-state index is -0.868. The normalized spacial score (nSPS) is 13.8. The highest BCUT2D eigenvalue weighted by molar-refractivity contribution is 5.70. The fourth-order valence-electron chi connectivity index (χ4n) is 4.73. The maximum absolute atomic E-state index is 12.1. The molecule has 6 heteroatoms. The number of rotatable bonds is 31. The molecule has 6 nitrogen and oxygen atoms in total. The Balaban J connectivity index is 3.86. The van der Waals surface area contributed by atoms with Crippen LogP contribution in [0.4, 0.5) is 0 Å². The summed E-state index contributed by atoms with van der Waals surface area (Å²) in [4.78, 5) is 24.2. The Hall–Kier alpha value is -2.70. The van der Waals surface area contributed by atoms with Crippen molar-refractivity contribution >= 4 is 11.9 Å². The molecule has 0 aliphatic carbocycles. The van der Waals surface area contributed by atoms with Crippen LogP contribution >= 0.6 is 0 Å². The quantitative estimate of drug-likeness (QED) is 0.0334. The largest absolute Gasteiger partial charge is 0.462 e. The molecule has 0 saturated carbocycles. The third kappa shape index (κ3) is 34.5. The molecule has 0 radical (unpaired) electrons. The molecule has 0 saturated heterocycles. The summed E-state index contributed by atoms with van der Waals surface area (Å²) in [5.74, 6) is -0.0695. The van der Waals surface area contributed by atoms with E-state index in [9.17, 15) is 19.8 Å². The maximum atomic E-state index is 12.1. The Bertz CT molecular complexity index is 911. The molecule has 0 bridgehead atoms. The maximum Gasteiger partial charge on any atom is 0.306 e. The topological polar surface area (TPSA) is 93.1 Å². The van der Waals surface area contributed by atoms with Gasteiger partial charge in [0.1, 0.15) is 6.61 Å². The van der Waals surface area contributed by atoms with Crippen molar-refractivity contribution in [3.05, 3.63) is 72.9 Å². The number of carbonyl (C=O) groups is 2. The van der Waals surface area contributed by atoms with Crippen LogP contribution in [0.2, 0.25) is 0 Å². The number of hydrogen-bond acceptors (Lipinski definition) is 6. The second-order valence-corrected chi connectivity index (χ2v) is 12.6. The molecule has 0 fully saturated rings. The zero-order valence-electron chi connectivity index (χ0n) is 30.0. The number of unbranched alkanes of at least 4 members (excludes halogenated alkanes) is 9. The first kappa shape index (κ1) is 44.3. The highest BCUT2D eigenvalue weighted by Crippen LogP contribution is 2.14. The van der Waals surface area contributed by atoms with Gasteiger partial charge >= 0.3 is 11.9 Å². The molecule has 2 atom stereocenters. The van der Waals surface area contributed by atoms with Crippen LogP contribution in [0.3, 0.4) is 0 Å². The zero-order valence-corrected chi connectivity index (χ0v) is 30.0. The molecule has 0 aromatic heterocycles. The van der Waals surface area contributed by atoms with Crippen LogP contribution in [0, 0.1) is 5.92 Å². The van der Waals surface area contributed by atoms with E-state index in [4.69, 9.17) is 9.47 Å². The van der Waals surface area contributed by atoms with E-state index in [-0.39, 0.29) is 25.4 Å². The van der Waals surface area contributed by atoms with Gasteiger partial charge in [0.15, 0.2) is 6.10 Å². The summed E-state index contributed by atoms with van der Waals surface area (Å²) in [7, 11) is 0. The van der Waals surface area contributed by atoms with Gasteiger partial charge in [-0.25, -0.2) is 0 Å². The van der Waals surface area contributed by atoms with Crippen molar-refractivity contribution in [2.75, 3.05) is 13.2 Å². The van der Waals surface area contributed by atoms with Gasteiger partial charge < -0.3 is 19.7 Å². The van der Waals surface area contributed by atoms with E-state index in [0.717, 1.165) is 57.3 Å². The third-order valence-corrected chi connectivity index (χ3v) is 7.56. The van der Waals surface area contributed by atoms with Crippen LogP contribution < -0.4 is 0 Å². The standard InChI is InChI=1S/C41H68O6/c1-4-5-6-7-8-9-10-11-12-13-14-15-19-22-25-28-31-38(43)33-34-40(44)46-36-39(35-42)47-41(45)32-29-26-23-20-17-16-18-21-24-27-30-37(2)3/h5-6,8-9,11-12,14-15,22,25,28,31,37-39,42-43H,4,7,10,13,16-21,23-24,26-27,29-30,32-36H2,1-3H3/b6-5-,9-8-,12-11-,15-14-,25-22-,31-28-/t38?,39-/m0/s1. The lowest BCUT2D eigenvalue weighted by Crippen LogP contribution is -2.28. The van der Waals surface area contributed by atoms with Gasteiger partial charge in [0.05, 0.1) is 12.7 Å². The fourth-order valence-corrected chi connectivity index (χ4v) is 4.73. The van der Waals surface area contributed by atoms with Crippen molar-refractivity contribution in [3.63, 3.8) is 0 Å². The summed E-state index contributed by atoms with van der Waals surface area (Å²) in [6.07, 6.45) is 41.5. The molecule has 0 aromatic carbocycles. The van der Waals surface area contributed by atoms with E-state index < -0.39 is 24.8 Å². The minimum absolute atomic E-state index is 0.0292. The van der Waals surface area contributed by atoms with Gasteiger partial charge in [0.2, 0.25) is 0 Å². The summed E-state index contributed by atoms with van der Waals surface area (Å²) in [5, 5.41) is 19.6. The van der Waals surface area contributed by atoms with E-state index >= 15 is 0 Å². The van der Waals surface area contributed by atoms with Crippen LogP contribution in [0.25, 0.3) is 0 Å². The Morgan fingerprint density at radius 1 is 0.617 bits per heavy atom.